The molecule has 0 saturated heterocycles. The van der Waals surface area contributed by atoms with Gasteiger partial charge >= 0.3 is 11.8 Å². The van der Waals surface area contributed by atoms with Gasteiger partial charge in [0.05, 0.1) is 0 Å². The van der Waals surface area contributed by atoms with Crippen LogP contribution >= 0.6 is 15.9 Å². The molecule has 2 aromatic carbocycles. The van der Waals surface area contributed by atoms with Crippen molar-refractivity contribution in [2.45, 2.75) is 6.42 Å². The van der Waals surface area contributed by atoms with Crippen LogP contribution in [-0.2, 0) is 16.0 Å². The van der Waals surface area contributed by atoms with Gasteiger partial charge in [-0.2, -0.15) is 0 Å². The number of rotatable bonds is 4. The molecule has 0 unspecified atom stereocenters. The largest absolute Gasteiger partial charge is 0.347 e. The van der Waals surface area contributed by atoms with E-state index in [-0.39, 0.29) is 5.82 Å². The molecule has 0 radical (unpaired) electrons. The smallest absolute Gasteiger partial charge is 0.313 e. The fourth-order valence-electron chi connectivity index (χ4n) is 1.81. The molecule has 2 amide bonds. The number of benzene rings is 2. The molecule has 0 bridgehead atoms. The summed E-state index contributed by atoms with van der Waals surface area (Å²) < 4.78 is 13.6. The Morgan fingerprint density at radius 3 is 2.45 bits per heavy atom. The third kappa shape index (κ3) is 4.96. The Labute approximate surface area is 135 Å². The summed E-state index contributed by atoms with van der Waals surface area (Å²) in [4.78, 5) is 23.4. The van der Waals surface area contributed by atoms with Crippen molar-refractivity contribution in [2.75, 3.05) is 11.9 Å². The molecule has 0 aliphatic carbocycles. The van der Waals surface area contributed by atoms with E-state index in [9.17, 15) is 14.0 Å². The van der Waals surface area contributed by atoms with E-state index in [0.29, 0.717) is 18.7 Å². The molecule has 0 aliphatic rings. The number of anilines is 1. The van der Waals surface area contributed by atoms with Gasteiger partial charge in [-0.15, -0.1) is 0 Å². The van der Waals surface area contributed by atoms with Gasteiger partial charge in [0, 0.05) is 16.7 Å². The quantitative estimate of drug-likeness (QED) is 0.819. The third-order valence-corrected chi connectivity index (χ3v) is 3.39. The second-order valence-electron chi connectivity index (χ2n) is 4.60. The molecule has 2 rings (SSSR count). The van der Waals surface area contributed by atoms with Crippen LogP contribution in [0.1, 0.15) is 5.56 Å². The van der Waals surface area contributed by atoms with Gasteiger partial charge < -0.3 is 10.6 Å². The van der Waals surface area contributed by atoms with Gasteiger partial charge in [-0.25, -0.2) is 4.39 Å². The first-order valence-electron chi connectivity index (χ1n) is 6.64. The van der Waals surface area contributed by atoms with Gasteiger partial charge in [0.25, 0.3) is 0 Å². The van der Waals surface area contributed by atoms with E-state index in [1.807, 2.05) is 6.07 Å². The van der Waals surface area contributed by atoms with E-state index >= 15 is 0 Å². The molecule has 0 aromatic heterocycles. The zero-order valence-electron chi connectivity index (χ0n) is 11.6. The lowest BCUT2D eigenvalue weighted by Crippen LogP contribution is -2.36. The van der Waals surface area contributed by atoms with Crippen molar-refractivity contribution in [3.8, 4) is 0 Å². The Bertz CT molecular complexity index is 674. The normalized spacial score (nSPS) is 10.1. The average molecular weight is 365 g/mol. The maximum absolute atomic E-state index is 12.8. The zero-order valence-corrected chi connectivity index (χ0v) is 13.2. The SMILES string of the molecule is O=C(NCCc1ccc(F)cc1)C(=O)Nc1cccc(Br)c1. The van der Waals surface area contributed by atoms with Crippen molar-refractivity contribution < 1.29 is 14.0 Å². The van der Waals surface area contributed by atoms with Crippen LogP contribution in [0, 0.1) is 5.82 Å². The second-order valence-corrected chi connectivity index (χ2v) is 5.51. The summed E-state index contributed by atoms with van der Waals surface area (Å²) in [6.45, 7) is 0.302. The molecule has 114 valence electrons. The van der Waals surface area contributed by atoms with E-state index < -0.39 is 11.8 Å². The maximum Gasteiger partial charge on any atom is 0.313 e. The predicted molar refractivity (Wildman–Crippen MR) is 85.9 cm³/mol. The van der Waals surface area contributed by atoms with Crippen LogP contribution in [-0.4, -0.2) is 18.4 Å². The Hall–Kier alpha value is -2.21. The monoisotopic (exact) mass is 364 g/mol. The van der Waals surface area contributed by atoms with Crippen LogP contribution < -0.4 is 10.6 Å². The molecular formula is C16H14BrFN2O2. The lowest BCUT2D eigenvalue weighted by Gasteiger charge is -2.07. The van der Waals surface area contributed by atoms with Crippen LogP contribution in [0.2, 0.25) is 0 Å². The third-order valence-electron chi connectivity index (χ3n) is 2.90. The van der Waals surface area contributed by atoms with E-state index in [0.717, 1.165) is 10.0 Å². The minimum Gasteiger partial charge on any atom is -0.347 e. The Kier molecular flexibility index (Phi) is 5.66. The average Bonchev–Trinajstić information content (AvgIpc) is 2.49. The second kappa shape index (κ2) is 7.70. The van der Waals surface area contributed by atoms with Crippen molar-refractivity contribution >= 4 is 33.4 Å². The highest BCUT2D eigenvalue weighted by molar-refractivity contribution is 9.10. The van der Waals surface area contributed by atoms with E-state index in [4.69, 9.17) is 0 Å². The number of halogens is 2. The number of nitrogens with one attached hydrogen (secondary N) is 2. The summed E-state index contributed by atoms with van der Waals surface area (Å²) in [5.74, 6) is -1.74. The summed E-state index contributed by atoms with van der Waals surface area (Å²) in [5.41, 5.74) is 1.42. The summed E-state index contributed by atoms with van der Waals surface area (Å²) >= 11 is 3.28. The molecule has 0 atom stereocenters. The summed E-state index contributed by atoms with van der Waals surface area (Å²) in [5, 5.41) is 5.03. The van der Waals surface area contributed by atoms with Gasteiger partial charge in [0.2, 0.25) is 0 Å². The van der Waals surface area contributed by atoms with E-state index in [2.05, 4.69) is 26.6 Å². The molecule has 4 nitrogen and oxygen atoms in total. The lowest BCUT2D eigenvalue weighted by molar-refractivity contribution is -0.136. The van der Waals surface area contributed by atoms with Gasteiger partial charge in [-0.05, 0) is 42.3 Å². The Morgan fingerprint density at radius 2 is 1.77 bits per heavy atom. The maximum atomic E-state index is 12.8. The lowest BCUT2D eigenvalue weighted by atomic mass is 10.1. The van der Waals surface area contributed by atoms with Crippen molar-refractivity contribution in [2.24, 2.45) is 0 Å². The van der Waals surface area contributed by atoms with Crippen molar-refractivity contribution in [1.82, 2.24) is 5.32 Å². The first-order chi connectivity index (χ1) is 10.5. The van der Waals surface area contributed by atoms with Crippen molar-refractivity contribution in [1.29, 1.82) is 0 Å². The first-order valence-corrected chi connectivity index (χ1v) is 7.43. The predicted octanol–water partition coefficient (Wildman–Crippen LogP) is 2.89. The number of carbonyl (C=O) groups is 2. The molecule has 0 heterocycles. The molecular weight excluding hydrogens is 351 g/mol. The van der Waals surface area contributed by atoms with Crippen LogP contribution in [0.15, 0.2) is 53.0 Å². The molecule has 0 fully saturated rings. The van der Waals surface area contributed by atoms with Gasteiger partial charge in [0.15, 0.2) is 0 Å². The minimum atomic E-state index is -0.725. The van der Waals surface area contributed by atoms with Gasteiger partial charge in [-0.3, -0.25) is 9.59 Å². The van der Waals surface area contributed by atoms with Crippen LogP contribution in [0.5, 0.6) is 0 Å². The molecule has 6 heteroatoms. The highest BCUT2D eigenvalue weighted by Crippen LogP contribution is 2.15. The topological polar surface area (TPSA) is 58.2 Å². The first kappa shape index (κ1) is 16.2. The number of carbonyl (C=O) groups excluding carboxylic acids is 2. The van der Waals surface area contributed by atoms with E-state index in [1.54, 1.807) is 30.3 Å². The molecule has 0 saturated carbocycles. The number of amides is 2. The fraction of sp³-hybridized carbons (Fsp3) is 0.125. The van der Waals surface area contributed by atoms with Crippen LogP contribution in [0.4, 0.5) is 10.1 Å². The molecule has 0 spiro atoms. The highest BCUT2D eigenvalue weighted by atomic mass is 79.9. The molecule has 2 N–H and O–H groups in total. The summed E-state index contributed by atoms with van der Waals surface area (Å²) in [7, 11) is 0. The van der Waals surface area contributed by atoms with Crippen molar-refractivity contribution in [3.05, 3.63) is 64.4 Å². The minimum absolute atomic E-state index is 0.302. The van der Waals surface area contributed by atoms with Crippen LogP contribution in [0.3, 0.4) is 0 Å². The Morgan fingerprint density at radius 1 is 1.05 bits per heavy atom. The zero-order chi connectivity index (χ0) is 15.9. The summed E-state index contributed by atoms with van der Waals surface area (Å²) in [6.07, 6.45) is 0.524. The molecule has 0 aliphatic heterocycles. The molecule has 2 aromatic rings. The van der Waals surface area contributed by atoms with Gasteiger partial charge in [-0.1, -0.05) is 34.1 Å². The standard InChI is InChI=1S/C16H14BrFN2O2/c17-12-2-1-3-14(10-12)20-16(22)15(21)19-9-8-11-4-6-13(18)7-5-11/h1-7,10H,8-9H2,(H,19,21)(H,20,22). The molecule has 22 heavy (non-hydrogen) atoms. The fourth-order valence-corrected chi connectivity index (χ4v) is 2.21. The Balaban J connectivity index is 1.79. The van der Waals surface area contributed by atoms with Crippen LogP contribution in [0.25, 0.3) is 0 Å². The number of hydrogen-bond donors (Lipinski definition) is 2. The van der Waals surface area contributed by atoms with Gasteiger partial charge in [0.1, 0.15) is 5.82 Å². The summed E-state index contributed by atoms with van der Waals surface area (Å²) in [6, 6.07) is 13.0. The van der Waals surface area contributed by atoms with E-state index in [1.165, 1.54) is 12.1 Å². The van der Waals surface area contributed by atoms with Crippen molar-refractivity contribution in [3.63, 3.8) is 0 Å². The highest BCUT2D eigenvalue weighted by Gasteiger charge is 2.13. The number of hydrogen-bond acceptors (Lipinski definition) is 2.